The molecule has 0 aliphatic carbocycles. The molecule has 12 heteroatoms. The van der Waals surface area contributed by atoms with Gasteiger partial charge in [0, 0.05) is 54.2 Å². The van der Waals surface area contributed by atoms with Crippen LogP contribution in [0.15, 0.2) is 40.8 Å². The number of nitroso groups, excluding NO2 is 2. The minimum Gasteiger partial charge on any atom is -0.497 e. The van der Waals surface area contributed by atoms with Crippen molar-refractivity contribution in [1.29, 1.82) is 0 Å². The Morgan fingerprint density at radius 2 is 1.95 bits per heavy atom. The van der Waals surface area contributed by atoms with Crippen LogP contribution in [0, 0.1) is 15.2 Å². The SMILES string of the molecule is CNCC(COc1cc(OC)cc(-c2cc(N3CC(CCl)(CN=O)C3)n3ncc(C(C)C)c3n2)c1)N=O. The van der Waals surface area contributed by atoms with Gasteiger partial charge in [-0.3, -0.25) is 0 Å². The minimum absolute atomic E-state index is 0.133. The Kier molecular flexibility index (Phi) is 8.23. The molecule has 0 amide bonds. The third kappa shape index (κ3) is 5.52. The summed E-state index contributed by atoms with van der Waals surface area (Å²) in [4.78, 5) is 29.2. The predicted molar refractivity (Wildman–Crippen MR) is 144 cm³/mol. The normalized spacial score (nSPS) is 15.5. The number of nitrogens with zero attached hydrogens (tertiary/aromatic N) is 6. The lowest BCUT2D eigenvalue weighted by Crippen LogP contribution is -2.59. The molecule has 0 spiro atoms. The third-order valence-electron chi connectivity index (χ3n) is 6.60. The van der Waals surface area contributed by atoms with Crippen molar-refractivity contribution in [2.45, 2.75) is 25.8 Å². The minimum atomic E-state index is -0.518. The van der Waals surface area contributed by atoms with Crippen LogP contribution < -0.4 is 19.7 Å². The first-order chi connectivity index (χ1) is 17.9. The van der Waals surface area contributed by atoms with E-state index in [1.165, 1.54) is 0 Å². The lowest BCUT2D eigenvalue weighted by atomic mass is 9.82. The zero-order valence-corrected chi connectivity index (χ0v) is 22.2. The molecule has 1 aliphatic heterocycles. The van der Waals surface area contributed by atoms with Crippen molar-refractivity contribution in [2.75, 3.05) is 57.7 Å². The molecule has 2 aromatic heterocycles. The first-order valence-electron chi connectivity index (χ1n) is 12.1. The summed E-state index contributed by atoms with van der Waals surface area (Å²) in [5.41, 5.74) is 2.93. The lowest BCUT2D eigenvalue weighted by molar-refractivity contribution is 0.257. The Morgan fingerprint density at radius 3 is 2.57 bits per heavy atom. The van der Waals surface area contributed by atoms with Crippen molar-refractivity contribution in [1.82, 2.24) is 19.9 Å². The second-order valence-corrected chi connectivity index (χ2v) is 10.1. The number of likely N-dealkylation sites (N-methyl/N-ethyl adjacent to an activating group) is 1. The van der Waals surface area contributed by atoms with Crippen molar-refractivity contribution < 1.29 is 9.47 Å². The number of ether oxygens (including phenoxy) is 2. The largest absolute Gasteiger partial charge is 0.497 e. The Labute approximate surface area is 220 Å². The Morgan fingerprint density at radius 1 is 1.19 bits per heavy atom. The second-order valence-electron chi connectivity index (χ2n) is 9.79. The molecule has 1 atom stereocenters. The molecule has 37 heavy (non-hydrogen) atoms. The number of hydrogen-bond donors (Lipinski definition) is 1. The summed E-state index contributed by atoms with van der Waals surface area (Å²) in [6.07, 6.45) is 1.84. The number of aromatic nitrogens is 3. The number of rotatable bonds is 13. The summed E-state index contributed by atoms with van der Waals surface area (Å²) >= 11 is 6.20. The molecule has 1 N–H and O–H groups in total. The number of hydrogen-bond acceptors (Lipinski definition) is 10. The molecule has 1 fully saturated rings. The maximum Gasteiger partial charge on any atom is 0.161 e. The fourth-order valence-electron chi connectivity index (χ4n) is 4.51. The van der Waals surface area contributed by atoms with Gasteiger partial charge in [-0.25, -0.2) is 4.98 Å². The van der Waals surface area contributed by atoms with Crippen molar-refractivity contribution in [2.24, 2.45) is 15.8 Å². The summed E-state index contributed by atoms with van der Waals surface area (Å²) in [5.74, 6) is 2.56. The van der Waals surface area contributed by atoms with Crippen molar-refractivity contribution >= 4 is 23.1 Å². The maximum atomic E-state index is 11.1. The Bertz CT molecular complexity index is 1260. The number of nitrogens with one attached hydrogen (secondary N) is 1. The number of alkyl halides is 1. The van der Waals surface area contributed by atoms with E-state index in [1.54, 1.807) is 20.2 Å². The third-order valence-corrected chi connectivity index (χ3v) is 7.17. The number of benzene rings is 1. The topological polar surface area (TPSA) is 123 Å². The van der Waals surface area contributed by atoms with E-state index >= 15 is 0 Å². The van der Waals surface area contributed by atoms with Crippen LogP contribution in [0.4, 0.5) is 5.82 Å². The van der Waals surface area contributed by atoms with Crippen LogP contribution in [-0.2, 0) is 0 Å². The van der Waals surface area contributed by atoms with Crippen LogP contribution in [-0.4, -0.2) is 73.5 Å². The van der Waals surface area contributed by atoms with Gasteiger partial charge in [0.15, 0.2) is 5.65 Å². The molecule has 0 radical (unpaired) electrons. The highest BCUT2D eigenvalue weighted by Gasteiger charge is 2.44. The predicted octanol–water partition coefficient (Wildman–Crippen LogP) is 4.07. The van der Waals surface area contributed by atoms with Crippen molar-refractivity contribution in [3.05, 3.63) is 45.8 Å². The first kappa shape index (κ1) is 26.7. The van der Waals surface area contributed by atoms with E-state index in [2.05, 4.69) is 39.5 Å². The lowest BCUT2D eigenvalue weighted by Gasteiger charge is -2.49. The van der Waals surface area contributed by atoms with Crippen LogP contribution in [0.1, 0.15) is 25.3 Å². The summed E-state index contributed by atoms with van der Waals surface area (Å²) < 4.78 is 13.3. The highest BCUT2D eigenvalue weighted by atomic mass is 35.5. The van der Waals surface area contributed by atoms with E-state index in [9.17, 15) is 9.81 Å². The molecular formula is C25H32ClN7O4. The molecule has 0 bridgehead atoms. The molecular weight excluding hydrogens is 498 g/mol. The summed E-state index contributed by atoms with van der Waals surface area (Å²) in [6.45, 7) is 6.11. The van der Waals surface area contributed by atoms with Crippen molar-refractivity contribution in [3.8, 4) is 22.8 Å². The maximum absolute atomic E-state index is 11.1. The molecule has 1 saturated heterocycles. The summed E-state index contributed by atoms with van der Waals surface area (Å²) in [5, 5.41) is 13.8. The van der Waals surface area contributed by atoms with Gasteiger partial charge in [-0.1, -0.05) is 24.2 Å². The molecule has 1 aliphatic rings. The average molecular weight is 530 g/mol. The van der Waals surface area contributed by atoms with Gasteiger partial charge >= 0.3 is 0 Å². The smallest absolute Gasteiger partial charge is 0.161 e. The van der Waals surface area contributed by atoms with Gasteiger partial charge in [0.1, 0.15) is 30.0 Å². The van der Waals surface area contributed by atoms with E-state index in [1.807, 2.05) is 28.9 Å². The van der Waals surface area contributed by atoms with E-state index < -0.39 is 6.04 Å². The van der Waals surface area contributed by atoms with Gasteiger partial charge < -0.3 is 19.7 Å². The zero-order chi connectivity index (χ0) is 26.6. The van der Waals surface area contributed by atoms with Crippen LogP contribution >= 0.6 is 11.6 Å². The molecule has 4 rings (SSSR count). The Balaban J connectivity index is 1.75. The van der Waals surface area contributed by atoms with E-state index in [0.717, 1.165) is 22.6 Å². The highest BCUT2D eigenvalue weighted by molar-refractivity contribution is 6.18. The zero-order valence-electron chi connectivity index (χ0n) is 21.5. The van der Waals surface area contributed by atoms with Crippen LogP contribution in [0.2, 0.25) is 0 Å². The van der Waals surface area contributed by atoms with E-state index in [4.69, 9.17) is 26.1 Å². The van der Waals surface area contributed by atoms with Crippen molar-refractivity contribution in [3.63, 3.8) is 0 Å². The molecule has 11 nitrogen and oxygen atoms in total. The van der Waals surface area contributed by atoms with Gasteiger partial charge in [0.25, 0.3) is 0 Å². The number of fused-ring (bicyclic) bond motifs is 1. The highest BCUT2D eigenvalue weighted by Crippen LogP contribution is 2.39. The van der Waals surface area contributed by atoms with E-state index in [-0.39, 0.29) is 24.5 Å². The average Bonchev–Trinajstić information content (AvgIpc) is 3.32. The number of halogens is 1. The van der Waals surface area contributed by atoms with Crippen LogP contribution in [0.25, 0.3) is 16.9 Å². The summed E-state index contributed by atoms with van der Waals surface area (Å²) in [7, 11) is 3.34. The van der Waals surface area contributed by atoms with Crippen LogP contribution in [0.5, 0.6) is 11.5 Å². The Hall–Kier alpha value is -3.31. The summed E-state index contributed by atoms with van der Waals surface area (Å²) in [6, 6.07) is 6.97. The number of methoxy groups -OCH3 is 1. The molecule has 3 aromatic rings. The molecule has 1 unspecified atom stereocenters. The standard InChI is InChI=1S/C25H32ClN7O4/c1-16(2)21-10-28-33-23(32-14-25(12-26,15-32)13-29-34)8-22(30-24(21)33)17-5-19(36-4)7-20(6-17)37-11-18(31-35)9-27-3/h5-8,10,16,18,27H,9,11-15H2,1-4H3. The molecule has 198 valence electrons. The molecule has 0 saturated carbocycles. The van der Waals surface area contributed by atoms with Gasteiger partial charge in [0.05, 0.1) is 25.5 Å². The van der Waals surface area contributed by atoms with E-state index in [0.29, 0.717) is 42.7 Å². The van der Waals surface area contributed by atoms with Crippen LogP contribution in [0.3, 0.4) is 0 Å². The fourth-order valence-corrected chi connectivity index (χ4v) is 4.76. The van der Waals surface area contributed by atoms with Gasteiger partial charge in [-0.05, 0) is 25.1 Å². The van der Waals surface area contributed by atoms with Gasteiger partial charge in [0.2, 0.25) is 0 Å². The molecule has 3 heterocycles. The number of anilines is 1. The molecule has 1 aromatic carbocycles. The van der Waals surface area contributed by atoms with Gasteiger partial charge in [-0.2, -0.15) is 19.4 Å². The fraction of sp³-hybridized carbons (Fsp3) is 0.520. The first-order valence-corrected chi connectivity index (χ1v) is 12.7. The second kappa shape index (κ2) is 11.4. The van der Waals surface area contributed by atoms with Gasteiger partial charge in [-0.15, -0.1) is 11.6 Å². The quantitative estimate of drug-likeness (QED) is 0.259. The monoisotopic (exact) mass is 529 g/mol.